The molecule has 1 atom stereocenters. The summed E-state index contributed by atoms with van der Waals surface area (Å²) >= 11 is 5.96. The maximum absolute atomic E-state index is 11.4. The average Bonchev–Trinajstić information content (AvgIpc) is 2.82. The Morgan fingerprint density at radius 1 is 1.50 bits per heavy atom. The second-order valence-electron chi connectivity index (χ2n) is 5.17. The number of nitrogens with one attached hydrogen (secondary N) is 1. The third kappa shape index (κ3) is 2.91. The summed E-state index contributed by atoms with van der Waals surface area (Å²) < 4.78 is 5.81. The molecule has 0 fully saturated rings. The third-order valence-corrected chi connectivity index (χ3v) is 4.28. The SMILES string of the molecule is CCC(CC)(NCC1Cc2cc(Cl)ccc2O1)C(=O)O. The Bertz CT molecular complexity index is 500. The fourth-order valence-electron chi connectivity index (χ4n) is 2.59. The molecule has 2 rings (SSSR count). The molecule has 1 unspecified atom stereocenters. The minimum Gasteiger partial charge on any atom is -0.488 e. The van der Waals surface area contributed by atoms with Gasteiger partial charge < -0.3 is 9.84 Å². The van der Waals surface area contributed by atoms with E-state index >= 15 is 0 Å². The summed E-state index contributed by atoms with van der Waals surface area (Å²) in [5.41, 5.74) is 0.216. The van der Waals surface area contributed by atoms with Crippen LogP contribution in [0.25, 0.3) is 0 Å². The molecule has 20 heavy (non-hydrogen) atoms. The summed E-state index contributed by atoms with van der Waals surface area (Å²) in [5, 5.41) is 13.2. The zero-order valence-corrected chi connectivity index (χ0v) is 12.5. The van der Waals surface area contributed by atoms with Crippen molar-refractivity contribution in [3.8, 4) is 5.75 Å². The molecule has 1 aliphatic heterocycles. The van der Waals surface area contributed by atoms with Gasteiger partial charge in [-0.15, -0.1) is 0 Å². The lowest BCUT2D eigenvalue weighted by Crippen LogP contribution is -2.53. The number of fused-ring (bicyclic) bond motifs is 1. The van der Waals surface area contributed by atoms with Gasteiger partial charge in [-0.1, -0.05) is 25.4 Å². The van der Waals surface area contributed by atoms with Gasteiger partial charge in [0.05, 0.1) is 0 Å². The topological polar surface area (TPSA) is 58.6 Å². The highest BCUT2D eigenvalue weighted by atomic mass is 35.5. The summed E-state index contributed by atoms with van der Waals surface area (Å²) in [6.07, 6.45) is 1.81. The lowest BCUT2D eigenvalue weighted by Gasteiger charge is -2.29. The van der Waals surface area contributed by atoms with Gasteiger partial charge in [-0.2, -0.15) is 0 Å². The van der Waals surface area contributed by atoms with Crippen LogP contribution in [0.2, 0.25) is 5.02 Å². The van der Waals surface area contributed by atoms with Crippen molar-refractivity contribution in [2.45, 2.75) is 44.8 Å². The number of rotatable bonds is 6. The van der Waals surface area contributed by atoms with Crippen molar-refractivity contribution in [3.63, 3.8) is 0 Å². The molecule has 2 N–H and O–H groups in total. The first-order valence-electron chi connectivity index (χ1n) is 6.94. The highest BCUT2D eigenvalue weighted by Crippen LogP contribution is 2.31. The minimum absolute atomic E-state index is 0.0414. The Balaban J connectivity index is 1.98. The van der Waals surface area contributed by atoms with E-state index in [-0.39, 0.29) is 6.10 Å². The Kier molecular flexibility index (Phi) is 4.55. The monoisotopic (exact) mass is 297 g/mol. The number of benzene rings is 1. The molecule has 0 aromatic heterocycles. The molecule has 1 aromatic carbocycles. The van der Waals surface area contributed by atoms with E-state index in [9.17, 15) is 9.90 Å². The molecule has 0 bridgehead atoms. The summed E-state index contributed by atoms with van der Waals surface area (Å²) in [5.74, 6) is 0.0381. The fraction of sp³-hybridized carbons (Fsp3) is 0.533. The summed E-state index contributed by atoms with van der Waals surface area (Å²) in [4.78, 5) is 11.4. The van der Waals surface area contributed by atoms with Crippen LogP contribution in [0.3, 0.4) is 0 Å². The predicted molar refractivity (Wildman–Crippen MR) is 78.5 cm³/mol. The number of hydrogen-bond donors (Lipinski definition) is 2. The second-order valence-corrected chi connectivity index (χ2v) is 5.61. The number of carboxylic acids is 1. The zero-order valence-electron chi connectivity index (χ0n) is 11.8. The van der Waals surface area contributed by atoms with Crippen LogP contribution in [-0.4, -0.2) is 29.3 Å². The summed E-state index contributed by atoms with van der Waals surface area (Å²) in [6.45, 7) is 4.28. The molecule has 0 aliphatic carbocycles. The highest BCUT2D eigenvalue weighted by Gasteiger charge is 2.35. The van der Waals surface area contributed by atoms with E-state index in [1.807, 2.05) is 26.0 Å². The predicted octanol–water partition coefficient (Wildman–Crippen LogP) is 2.88. The van der Waals surface area contributed by atoms with Gasteiger partial charge in [0.2, 0.25) is 0 Å². The number of carboxylic acid groups (broad SMARTS) is 1. The van der Waals surface area contributed by atoms with E-state index in [0.29, 0.717) is 24.4 Å². The van der Waals surface area contributed by atoms with Crippen molar-refractivity contribution in [1.82, 2.24) is 5.32 Å². The molecule has 0 spiro atoms. The van der Waals surface area contributed by atoms with Crippen molar-refractivity contribution in [3.05, 3.63) is 28.8 Å². The van der Waals surface area contributed by atoms with Gasteiger partial charge in [0.15, 0.2) is 0 Å². The van der Waals surface area contributed by atoms with Crippen LogP contribution in [-0.2, 0) is 11.2 Å². The average molecular weight is 298 g/mol. The first-order chi connectivity index (χ1) is 9.50. The van der Waals surface area contributed by atoms with Crippen LogP contribution >= 0.6 is 11.6 Å². The van der Waals surface area contributed by atoms with Crippen LogP contribution in [0.5, 0.6) is 5.75 Å². The molecular formula is C15H20ClNO3. The van der Waals surface area contributed by atoms with Crippen LogP contribution in [0, 0.1) is 0 Å². The number of halogens is 1. The summed E-state index contributed by atoms with van der Waals surface area (Å²) in [7, 11) is 0. The van der Waals surface area contributed by atoms with Gasteiger partial charge >= 0.3 is 5.97 Å². The molecule has 110 valence electrons. The van der Waals surface area contributed by atoms with Gasteiger partial charge in [0, 0.05) is 18.0 Å². The Hall–Kier alpha value is -1.26. The van der Waals surface area contributed by atoms with E-state index < -0.39 is 11.5 Å². The van der Waals surface area contributed by atoms with Crippen molar-refractivity contribution < 1.29 is 14.6 Å². The molecule has 0 radical (unpaired) electrons. The first kappa shape index (κ1) is 15.1. The number of aliphatic carboxylic acids is 1. The molecule has 0 amide bonds. The van der Waals surface area contributed by atoms with Gasteiger partial charge in [-0.25, -0.2) is 0 Å². The zero-order chi connectivity index (χ0) is 14.8. The number of hydrogen-bond acceptors (Lipinski definition) is 3. The molecule has 1 aliphatic rings. The van der Waals surface area contributed by atoms with E-state index in [1.54, 1.807) is 6.07 Å². The fourth-order valence-corrected chi connectivity index (χ4v) is 2.78. The Labute approximate surface area is 124 Å². The molecular weight excluding hydrogens is 278 g/mol. The van der Waals surface area contributed by atoms with Gasteiger partial charge in [-0.05, 0) is 36.6 Å². The third-order valence-electron chi connectivity index (χ3n) is 4.05. The van der Waals surface area contributed by atoms with Crippen molar-refractivity contribution in [2.75, 3.05) is 6.54 Å². The molecule has 5 heteroatoms. The smallest absolute Gasteiger partial charge is 0.323 e. The molecule has 0 saturated heterocycles. The quantitative estimate of drug-likeness (QED) is 0.848. The van der Waals surface area contributed by atoms with Gasteiger partial charge in [0.25, 0.3) is 0 Å². The Morgan fingerprint density at radius 2 is 2.20 bits per heavy atom. The summed E-state index contributed by atoms with van der Waals surface area (Å²) in [6, 6.07) is 5.57. The Morgan fingerprint density at radius 3 is 2.80 bits per heavy atom. The van der Waals surface area contributed by atoms with Crippen LogP contribution in [0.1, 0.15) is 32.3 Å². The lowest BCUT2D eigenvalue weighted by atomic mass is 9.92. The molecule has 0 saturated carbocycles. The van der Waals surface area contributed by atoms with E-state index in [1.165, 1.54) is 0 Å². The molecule has 4 nitrogen and oxygen atoms in total. The molecule has 1 heterocycles. The van der Waals surface area contributed by atoms with Crippen molar-refractivity contribution >= 4 is 17.6 Å². The maximum atomic E-state index is 11.4. The van der Waals surface area contributed by atoms with E-state index in [4.69, 9.17) is 16.3 Å². The van der Waals surface area contributed by atoms with Crippen LogP contribution < -0.4 is 10.1 Å². The lowest BCUT2D eigenvalue weighted by molar-refractivity contribution is -0.145. The number of carbonyl (C=O) groups is 1. The molecule has 1 aromatic rings. The van der Waals surface area contributed by atoms with Crippen molar-refractivity contribution in [2.24, 2.45) is 0 Å². The van der Waals surface area contributed by atoms with E-state index in [0.717, 1.165) is 17.7 Å². The van der Waals surface area contributed by atoms with E-state index in [2.05, 4.69) is 5.32 Å². The second kappa shape index (κ2) is 6.02. The van der Waals surface area contributed by atoms with Gasteiger partial charge in [-0.3, -0.25) is 10.1 Å². The standard InChI is InChI=1S/C15H20ClNO3/c1-3-15(4-2,14(18)19)17-9-12-8-10-7-11(16)5-6-13(10)20-12/h5-7,12,17H,3-4,8-9H2,1-2H3,(H,18,19). The maximum Gasteiger partial charge on any atom is 0.323 e. The van der Waals surface area contributed by atoms with Gasteiger partial charge in [0.1, 0.15) is 17.4 Å². The first-order valence-corrected chi connectivity index (χ1v) is 7.32. The normalized spacial score (nSPS) is 17.6. The van der Waals surface area contributed by atoms with Crippen LogP contribution in [0.15, 0.2) is 18.2 Å². The van der Waals surface area contributed by atoms with Crippen LogP contribution in [0.4, 0.5) is 0 Å². The largest absolute Gasteiger partial charge is 0.488 e. The minimum atomic E-state index is -0.865. The number of ether oxygens (including phenoxy) is 1. The highest BCUT2D eigenvalue weighted by molar-refractivity contribution is 6.30. The van der Waals surface area contributed by atoms with Crippen molar-refractivity contribution in [1.29, 1.82) is 0 Å².